The van der Waals surface area contributed by atoms with Crippen LogP contribution in [0.5, 0.6) is 11.5 Å². The van der Waals surface area contributed by atoms with Crippen LogP contribution in [0, 0.1) is 0 Å². The zero-order valence-corrected chi connectivity index (χ0v) is 8.49. The molecule has 78 valence electrons. The number of thiol groups is 1. The molecule has 0 saturated heterocycles. The van der Waals surface area contributed by atoms with Gasteiger partial charge in [0.2, 0.25) is 0 Å². The number of rotatable bonds is 4. The van der Waals surface area contributed by atoms with Crippen LogP contribution in [-0.4, -0.2) is 15.0 Å². The molecule has 0 spiro atoms. The molecule has 0 bridgehead atoms. The first-order valence-corrected chi connectivity index (χ1v) is 5.07. The highest BCUT2D eigenvalue weighted by Gasteiger charge is 2.03. The van der Waals surface area contributed by atoms with Gasteiger partial charge < -0.3 is 14.7 Å². The average Bonchev–Trinajstić information content (AvgIpc) is 2.10. The molecule has 0 aliphatic carbocycles. The third kappa shape index (κ3) is 2.81. The SMILES string of the molecule is CCOc1ccc(N)c(O[SH](=O)=O)c1. The van der Waals surface area contributed by atoms with Crippen molar-refractivity contribution in [3.8, 4) is 11.5 Å². The number of nitrogen functional groups attached to an aromatic ring is 1. The van der Waals surface area contributed by atoms with E-state index in [1.54, 1.807) is 6.07 Å². The van der Waals surface area contributed by atoms with Crippen molar-refractivity contribution < 1.29 is 17.3 Å². The summed E-state index contributed by atoms with van der Waals surface area (Å²) in [6.45, 7) is 2.32. The molecule has 0 aromatic heterocycles. The minimum Gasteiger partial charge on any atom is -0.494 e. The van der Waals surface area contributed by atoms with Gasteiger partial charge in [0, 0.05) is 6.07 Å². The van der Waals surface area contributed by atoms with Crippen molar-refractivity contribution in [3.05, 3.63) is 18.2 Å². The number of nitrogens with two attached hydrogens (primary N) is 1. The van der Waals surface area contributed by atoms with Gasteiger partial charge in [0.15, 0.2) is 5.75 Å². The fourth-order valence-corrected chi connectivity index (χ4v) is 1.25. The van der Waals surface area contributed by atoms with E-state index < -0.39 is 11.0 Å². The molecule has 0 aliphatic heterocycles. The third-order valence-electron chi connectivity index (χ3n) is 1.47. The molecule has 1 aromatic carbocycles. The number of hydrogen-bond acceptors (Lipinski definition) is 5. The molecule has 0 radical (unpaired) electrons. The number of anilines is 1. The first-order valence-electron chi connectivity index (χ1n) is 3.98. The molecule has 0 aliphatic rings. The van der Waals surface area contributed by atoms with Gasteiger partial charge in [-0.2, -0.15) is 8.42 Å². The molecule has 2 N–H and O–H groups in total. The van der Waals surface area contributed by atoms with Gasteiger partial charge >= 0.3 is 0 Å². The highest BCUT2D eigenvalue weighted by atomic mass is 32.2. The Morgan fingerprint density at radius 1 is 1.43 bits per heavy atom. The molecule has 1 aromatic rings. The zero-order valence-electron chi connectivity index (χ0n) is 7.60. The molecular weight excluding hydrogens is 206 g/mol. The molecule has 0 atom stereocenters. The Hall–Kier alpha value is -1.43. The maximum absolute atomic E-state index is 10.3. The number of ether oxygens (including phenoxy) is 1. The van der Waals surface area contributed by atoms with Crippen molar-refractivity contribution in [2.45, 2.75) is 6.92 Å². The fraction of sp³-hybridized carbons (Fsp3) is 0.250. The maximum atomic E-state index is 10.3. The van der Waals surface area contributed by atoms with Crippen LogP contribution in [-0.2, 0) is 11.0 Å². The smallest absolute Gasteiger partial charge is 0.299 e. The van der Waals surface area contributed by atoms with Crippen LogP contribution in [0.1, 0.15) is 6.92 Å². The van der Waals surface area contributed by atoms with E-state index in [0.717, 1.165) is 0 Å². The Bertz CT molecular complexity index is 381. The predicted octanol–water partition coefficient (Wildman–Crippen LogP) is 0.573. The summed E-state index contributed by atoms with van der Waals surface area (Å²) < 4.78 is 30.2. The van der Waals surface area contributed by atoms with Crippen LogP contribution in [0.15, 0.2) is 18.2 Å². The van der Waals surface area contributed by atoms with Crippen molar-refractivity contribution in [2.24, 2.45) is 0 Å². The molecule has 14 heavy (non-hydrogen) atoms. The van der Waals surface area contributed by atoms with Gasteiger partial charge in [-0.05, 0) is 19.1 Å². The molecule has 6 heteroatoms. The van der Waals surface area contributed by atoms with Gasteiger partial charge in [-0.25, -0.2) is 0 Å². The lowest BCUT2D eigenvalue weighted by Crippen LogP contribution is -1.97. The fourth-order valence-electron chi connectivity index (χ4n) is 0.931. The molecule has 0 unspecified atom stereocenters. The van der Waals surface area contributed by atoms with Gasteiger partial charge in [0.05, 0.1) is 12.3 Å². The predicted molar refractivity (Wildman–Crippen MR) is 53.0 cm³/mol. The summed E-state index contributed by atoms with van der Waals surface area (Å²) in [5.74, 6) is 0.612. The van der Waals surface area contributed by atoms with E-state index in [-0.39, 0.29) is 11.4 Å². The van der Waals surface area contributed by atoms with E-state index in [1.165, 1.54) is 12.1 Å². The van der Waals surface area contributed by atoms with Crippen LogP contribution in [0.25, 0.3) is 0 Å². The lowest BCUT2D eigenvalue weighted by Gasteiger charge is -2.06. The quantitative estimate of drug-likeness (QED) is 0.569. The first-order chi connectivity index (χ1) is 6.63. The molecule has 0 amide bonds. The van der Waals surface area contributed by atoms with E-state index in [4.69, 9.17) is 10.5 Å². The van der Waals surface area contributed by atoms with Crippen LogP contribution in [0.2, 0.25) is 0 Å². The summed E-state index contributed by atoms with van der Waals surface area (Å²) in [5, 5.41) is 0. The maximum Gasteiger partial charge on any atom is 0.299 e. The van der Waals surface area contributed by atoms with Crippen LogP contribution in [0.3, 0.4) is 0 Å². The Balaban J connectivity index is 2.95. The Kier molecular flexibility index (Phi) is 3.58. The van der Waals surface area contributed by atoms with E-state index in [1.807, 2.05) is 6.92 Å². The topological polar surface area (TPSA) is 78.6 Å². The standard InChI is InChI=1S/C8H11NO4S/c1-2-12-6-3-4-7(9)8(5-6)13-14(10)11/h3-5,14H,2,9H2,1H3. The first kappa shape index (κ1) is 10.6. The molecule has 0 heterocycles. The second-order valence-electron chi connectivity index (χ2n) is 2.45. The summed E-state index contributed by atoms with van der Waals surface area (Å²) in [7, 11) is -2.95. The summed E-state index contributed by atoms with van der Waals surface area (Å²) in [4.78, 5) is 0. The van der Waals surface area contributed by atoms with Gasteiger partial charge in [0.25, 0.3) is 11.0 Å². The van der Waals surface area contributed by atoms with E-state index in [0.29, 0.717) is 12.4 Å². The summed E-state index contributed by atoms with van der Waals surface area (Å²) in [5.41, 5.74) is 5.74. The van der Waals surface area contributed by atoms with Crippen molar-refractivity contribution >= 4 is 16.7 Å². The summed E-state index contributed by atoms with van der Waals surface area (Å²) in [6, 6.07) is 4.60. The Labute approximate surface area is 83.6 Å². The molecule has 0 saturated carbocycles. The monoisotopic (exact) mass is 217 g/mol. The van der Waals surface area contributed by atoms with Crippen molar-refractivity contribution in [1.29, 1.82) is 0 Å². The van der Waals surface area contributed by atoms with Gasteiger partial charge in [0.1, 0.15) is 5.75 Å². The van der Waals surface area contributed by atoms with Crippen LogP contribution >= 0.6 is 0 Å². The summed E-state index contributed by atoms with van der Waals surface area (Å²) in [6.07, 6.45) is 0. The molecule has 0 fully saturated rings. The molecular formula is C8H11NO4S. The Morgan fingerprint density at radius 3 is 2.71 bits per heavy atom. The normalized spacial score (nSPS) is 10.1. The summed E-state index contributed by atoms with van der Waals surface area (Å²) >= 11 is 0. The minimum absolute atomic E-state index is 0.0899. The lowest BCUT2D eigenvalue weighted by molar-refractivity contribution is 0.339. The highest BCUT2D eigenvalue weighted by Crippen LogP contribution is 2.26. The van der Waals surface area contributed by atoms with Crippen molar-refractivity contribution in [1.82, 2.24) is 0 Å². The zero-order chi connectivity index (χ0) is 10.6. The lowest BCUT2D eigenvalue weighted by atomic mass is 10.3. The second-order valence-corrected chi connectivity index (χ2v) is 3.08. The number of hydrogen-bond donors (Lipinski definition) is 2. The van der Waals surface area contributed by atoms with E-state index in [9.17, 15) is 8.42 Å². The molecule has 5 nitrogen and oxygen atoms in total. The molecule has 1 rings (SSSR count). The van der Waals surface area contributed by atoms with Gasteiger partial charge in [-0.3, -0.25) is 0 Å². The number of benzene rings is 1. The average molecular weight is 217 g/mol. The van der Waals surface area contributed by atoms with Crippen molar-refractivity contribution in [3.63, 3.8) is 0 Å². The van der Waals surface area contributed by atoms with Crippen molar-refractivity contribution in [2.75, 3.05) is 12.3 Å². The van der Waals surface area contributed by atoms with Crippen LogP contribution in [0.4, 0.5) is 5.69 Å². The minimum atomic E-state index is -2.95. The second kappa shape index (κ2) is 4.71. The Morgan fingerprint density at radius 2 is 2.14 bits per heavy atom. The van der Waals surface area contributed by atoms with E-state index >= 15 is 0 Å². The van der Waals surface area contributed by atoms with Gasteiger partial charge in [-0.1, -0.05) is 0 Å². The largest absolute Gasteiger partial charge is 0.494 e. The van der Waals surface area contributed by atoms with E-state index in [2.05, 4.69) is 4.18 Å². The third-order valence-corrected chi connectivity index (χ3v) is 1.81. The van der Waals surface area contributed by atoms with Crippen LogP contribution < -0.4 is 14.7 Å². The van der Waals surface area contributed by atoms with Gasteiger partial charge in [-0.15, -0.1) is 0 Å². The highest BCUT2D eigenvalue weighted by molar-refractivity contribution is 7.67.